The van der Waals surface area contributed by atoms with Crippen LogP contribution in [0.4, 0.5) is 5.69 Å². The maximum atomic E-state index is 12.6. The van der Waals surface area contributed by atoms with Gasteiger partial charge in [0.05, 0.1) is 0 Å². The van der Waals surface area contributed by atoms with Gasteiger partial charge in [0.25, 0.3) is 0 Å². The van der Waals surface area contributed by atoms with Crippen molar-refractivity contribution in [3.05, 3.63) is 65.2 Å². The fraction of sp³-hybridized carbons (Fsp3) is 0.286. The Hall–Kier alpha value is -2.95. The molecule has 2 aromatic rings. The summed E-state index contributed by atoms with van der Waals surface area (Å²) in [4.78, 5) is 36.6. The third-order valence-corrected chi connectivity index (χ3v) is 4.72. The lowest BCUT2D eigenvalue weighted by Crippen LogP contribution is -2.39. The van der Waals surface area contributed by atoms with E-state index in [-0.39, 0.29) is 17.6 Å². The van der Waals surface area contributed by atoms with E-state index < -0.39 is 5.41 Å². The molecule has 0 heterocycles. The summed E-state index contributed by atoms with van der Waals surface area (Å²) in [6.07, 6.45) is 1.07. The van der Waals surface area contributed by atoms with Gasteiger partial charge in [0.1, 0.15) is 5.41 Å². The zero-order valence-electron chi connectivity index (χ0n) is 15.0. The van der Waals surface area contributed by atoms with Gasteiger partial charge in [-0.1, -0.05) is 42.0 Å². The fourth-order valence-corrected chi connectivity index (χ4v) is 2.81. The zero-order chi connectivity index (χ0) is 18.7. The Bertz CT molecular complexity index is 852. The highest BCUT2D eigenvalue weighted by molar-refractivity contribution is 6.13. The van der Waals surface area contributed by atoms with E-state index in [0.717, 1.165) is 11.1 Å². The molecule has 5 heteroatoms. The summed E-state index contributed by atoms with van der Waals surface area (Å²) in [5.41, 5.74) is 2.20. The molecule has 0 aliphatic heterocycles. The predicted octanol–water partition coefficient (Wildman–Crippen LogP) is 3.23. The molecule has 0 atom stereocenters. The van der Waals surface area contributed by atoms with Crippen LogP contribution >= 0.6 is 0 Å². The monoisotopic (exact) mass is 350 g/mol. The van der Waals surface area contributed by atoms with E-state index in [1.54, 1.807) is 24.3 Å². The van der Waals surface area contributed by atoms with Crippen LogP contribution in [0.15, 0.2) is 48.5 Å². The van der Waals surface area contributed by atoms with Gasteiger partial charge in [-0.25, -0.2) is 0 Å². The van der Waals surface area contributed by atoms with E-state index in [1.165, 1.54) is 6.92 Å². The summed E-state index contributed by atoms with van der Waals surface area (Å²) in [6.45, 7) is 3.88. The number of Topliss-reactive ketones (excluding diaryl/α,β-unsaturated/α-hetero) is 1. The molecular weight excluding hydrogens is 328 g/mol. The minimum atomic E-state index is -1.00. The van der Waals surface area contributed by atoms with Crippen LogP contribution in [0.25, 0.3) is 0 Å². The van der Waals surface area contributed by atoms with Crippen molar-refractivity contribution in [2.45, 2.75) is 33.2 Å². The Morgan fingerprint density at radius 3 is 2.31 bits per heavy atom. The molecule has 0 radical (unpaired) electrons. The van der Waals surface area contributed by atoms with E-state index >= 15 is 0 Å². The maximum absolute atomic E-state index is 12.6. The summed E-state index contributed by atoms with van der Waals surface area (Å²) < 4.78 is 0. The summed E-state index contributed by atoms with van der Waals surface area (Å²) in [6, 6.07) is 14.6. The lowest BCUT2D eigenvalue weighted by Gasteiger charge is -2.16. The Labute approximate surface area is 152 Å². The number of rotatable bonds is 6. The molecule has 1 saturated carbocycles. The normalized spacial score (nSPS) is 14.4. The number of ketones is 1. The van der Waals surface area contributed by atoms with Crippen LogP contribution in [0.3, 0.4) is 0 Å². The first-order valence-electron chi connectivity index (χ1n) is 8.67. The number of nitrogens with one attached hydrogen (secondary N) is 2. The van der Waals surface area contributed by atoms with Gasteiger partial charge in [-0.05, 0) is 44.4 Å². The molecule has 134 valence electrons. The first-order valence-corrected chi connectivity index (χ1v) is 8.67. The lowest BCUT2D eigenvalue weighted by molar-refractivity contribution is -0.134. The molecule has 0 spiro atoms. The van der Waals surface area contributed by atoms with Crippen LogP contribution in [0.5, 0.6) is 0 Å². The Morgan fingerprint density at radius 1 is 1.00 bits per heavy atom. The number of aryl methyl sites for hydroxylation is 1. The largest absolute Gasteiger partial charge is 0.351 e. The molecule has 1 aliphatic rings. The van der Waals surface area contributed by atoms with Gasteiger partial charge in [-0.2, -0.15) is 0 Å². The third kappa shape index (κ3) is 3.82. The second kappa shape index (κ2) is 7.12. The average Bonchev–Trinajstić information content (AvgIpc) is 3.43. The molecule has 5 nitrogen and oxygen atoms in total. The van der Waals surface area contributed by atoms with Crippen molar-refractivity contribution in [1.29, 1.82) is 0 Å². The van der Waals surface area contributed by atoms with Crippen LogP contribution in [-0.2, 0) is 16.1 Å². The van der Waals surface area contributed by atoms with Crippen molar-refractivity contribution in [1.82, 2.24) is 5.32 Å². The van der Waals surface area contributed by atoms with E-state index in [9.17, 15) is 14.4 Å². The van der Waals surface area contributed by atoms with E-state index in [0.29, 0.717) is 30.6 Å². The first kappa shape index (κ1) is 17.9. The minimum absolute atomic E-state index is 0.0712. The number of carbonyl (C=O) groups excluding carboxylic acids is 3. The zero-order valence-corrected chi connectivity index (χ0v) is 15.0. The molecular formula is C21H22N2O3. The van der Waals surface area contributed by atoms with Crippen molar-refractivity contribution in [2.75, 3.05) is 5.32 Å². The Morgan fingerprint density at radius 2 is 1.69 bits per heavy atom. The van der Waals surface area contributed by atoms with Gasteiger partial charge in [0.2, 0.25) is 11.8 Å². The van der Waals surface area contributed by atoms with Gasteiger partial charge >= 0.3 is 0 Å². The van der Waals surface area contributed by atoms with E-state index in [4.69, 9.17) is 0 Å². The topological polar surface area (TPSA) is 75.3 Å². The number of benzene rings is 2. The molecule has 0 bridgehead atoms. The first-order chi connectivity index (χ1) is 12.4. The minimum Gasteiger partial charge on any atom is -0.351 e. The molecule has 3 rings (SSSR count). The highest BCUT2D eigenvalue weighted by Crippen LogP contribution is 2.46. The summed E-state index contributed by atoms with van der Waals surface area (Å²) in [5, 5.41) is 5.64. The number of hydrogen-bond acceptors (Lipinski definition) is 3. The fourth-order valence-electron chi connectivity index (χ4n) is 2.81. The number of amides is 2. The average molecular weight is 350 g/mol. The number of hydrogen-bond donors (Lipinski definition) is 2. The number of carbonyl (C=O) groups is 3. The second-order valence-electron chi connectivity index (χ2n) is 6.84. The molecule has 0 aromatic heterocycles. The van der Waals surface area contributed by atoms with Crippen LogP contribution < -0.4 is 10.6 Å². The maximum Gasteiger partial charge on any atom is 0.240 e. The van der Waals surface area contributed by atoms with Gasteiger partial charge in [0, 0.05) is 17.8 Å². The number of anilines is 1. The lowest BCUT2D eigenvalue weighted by atomic mass is 10.0. The standard InChI is InChI=1S/C21H22N2O3/c1-14-6-8-16(9-7-14)13-22-19(25)21(10-11-21)20(26)23-18-5-3-4-17(12-18)15(2)24/h3-9,12H,10-11,13H2,1-2H3,(H,22,25)(H,23,26). The molecule has 0 saturated heterocycles. The van der Waals surface area contributed by atoms with Crippen LogP contribution in [0.1, 0.15) is 41.3 Å². The van der Waals surface area contributed by atoms with Crippen LogP contribution in [0, 0.1) is 12.3 Å². The van der Waals surface area contributed by atoms with Crippen LogP contribution in [-0.4, -0.2) is 17.6 Å². The summed E-state index contributed by atoms with van der Waals surface area (Å²) in [5.74, 6) is -0.643. The second-order valence-corrected chi connectivity index (χ2v) is 6.84. The van der Waals surface area contributed by atoms with Crippen molar-refractivity contribution >= 4 is 23.3 Å². The highest BCUT2D eigenvalue weighted by atomic mass is 16.2. The molecule has 0 unspecified atom stereocenters. The smallest absolute Gasteiger partial charge is 0.240 e. The van der Waals surface area contributed by atoms with Crippen molar-refractivity contribution in [2.24, 2.45) is 5.41 Å². The third-order valence-electron chi connectivity index (χ3n) is 4.72. The Balaban J connectivity index is 1.63. The quantitative estimate of drug-likeness (QED) is 0.620. The van der Waals surface area contributed by atoms with Gasteiger partial charge in [0.15, 0.2) is 5.78 Å². The van der Waals surface area contributed by atoms with Gasteiger partial charge < -0.3 is 10.6 Å². The van der Waals surface area contributed by atoms with Crippen molar-refractivity contribution in [3.63, 3.8) is 0 Å². The summed E-state index contributed by atoms with van der Waals surface area (Å²) in [7, 11) is 0. The van der Waals surface area contributed by atoms with E-state index in [2.05, 4.69) is 10.6 Å². The Kier molecular flexibility index (Phi) is 4.89. The highest BCUT2D eigenvalue weighted by Gasteiger charge is 2.56. The van der Waals surface area contributed by atoms with Gasteiger partial charge in [-0.15, -0.1) is 0 Å². The molecule has 1 fully saturated rings. The predicted molar refractivity (Wildman–Crippen MR) is 99.8 cm³/mol. The van der Waals surface area contributed by atoms with Crippen LogP contribution in [0.2, 0.25) is 0 Å². The molecule has 2 amide bonds. The SMILES string of the molecule is CC(=O)c1cccc(NC(=O)C2(C(=O)NCc3ccc(C)cc3)CC2)c1. The van der Waals surface area contributed by atoms with Gasteiger partial charge in [-0.3, -0.25) is 14.4 Å². The molecule has 26 heavy (non-hydrogen) atoms. The van der Waals surface area contributed by atoms with E-state index in [1.807, 2.05) is 31.2 Å². The molecule has 2 N–H and O–H groups in total. The molecule has 2 aromatic carbocycles. The molecule has 1 aliphatic carbocycles. The summed E-state index contributed by atoms with van der Waals surface area (Å²) >= 11 is 0. The van der Waals surface area contributed by atoms with Crippen molar-refractivity contribution in [3.8, 4) is 0 Å². The van der Waals surface area contributed by atoms with Crippen molar-refractivity contribution < 1.29 is 14.4 Å².